The molecule has 3 heterocycles. The number of rotatable bonds is 7. The van der Waals surface area contributed by atoms with Gasteiger partial charge in [0.2, 0.25) is 10.0 Å². The van der Waals surface area contributed by atoms with Crippen LogP contribution in [0.1, 0.15) is 40.3 Å². The van der Waals surface area contributed by atoms with E-state index < -0.39 is 10.0 Å². The summed E-state index contributed by atoms with van der Waals surface area (Å²) in [7, 11) is -2.03. The van der Waals surface area contributed by atoms with E-state index in [1.54, 1.807) is 18.3 Å². The summed E-state index contributed by atoms with van der Waals surface area (Å²) in [6, 6.07) is 21.3. The molecule has 0 bridgehead atoms. The van der Waals surface area contributed by atoms with Crippen molar-refractivity contribution in [2.75, 3.05) is 23.0 Å². The van der Waals surface area contributed by atoms with E-state index in [-0.39, 0.29) is 12.1 Å². The molecule has 202 valence electrons. The molecule has 0 aliphatic carbocycles. The number of hydrogen-bond acceptors (Lipinski definition) is 5. The van der Waals surface area contributed by atoms with Gasteiger partial charge in [-0.15, -0.1) is 0 Å². The van der Waals surface area contributed by atoms with Gasteiger partial charge in [-0.25, -0.2) is 8.42 Å². The van der Waals surface area contributed by atoms with Crippen LogP contribution in [0.2, 0.25) is 0 Å². The van der Waals surface area contributed by atoms with Crippen LogP contribution in [0.5, 0.6) is 5.75 Å². The lowest BCUT2D eigenvalue weighted by atomic mass is 9.96. The summed E-state index contributed by atoms with van der Waals surface area (Å²) in [6.45, 7) is 6.30. The summed E-state index contributed by atoms with van der Waals surface area (Å²) in [5.41, 5.74) is 7.47. The number of sulfonamides is 1. The predicted octanol–water partition coefficient (Wildman–Crippen LogP) is 5.35. The number of pyridine rings is 1. The number of aromatic nitrogens is 2. The van der Waals surface area contributed by atoms with Crippen LogP contribution in [0.3, 0.4) is 0 Å². The predicted molar refractivity (Wildman–Crippen MR) is 159 cm³/mol. The third-order valence-corrected chi connectivity index (χ3v) is 7.81. The summed E-state index contributed by atoms with van der Waals surface area (Å²) in [6.07, 6.45) is 2.89. The first-order chi connectivity index (χ1) is 18.6. The molecule has 2 aromatic heterocycles. The van der Waals surface area contributed by atoms with Crippen LogP contribution in [0.25, 0.3) is 5.69 Å². The molecule has 39 heavy (non-hydrogen) atoms. The van der Waals surface area contributed by atoms with Gasteiger partial charge in [-0.1, -0.05) is 18.2 Å². The van der Waals surface area contributed by atoms with Crippen molar-refractivity contribution in [3.05, 3.63) is 101 Å². The van der Waals surface area contributed by atoms with E-state index in [1.807, 2.05) is 29.2 Å². The molecule has 1 aliphatic heterocycles. The smallest absolute Gasteiger partial charge is 0.229 e. The number of ether oxygens (including phenoxy) is 1. The maximum Gasteiger partial charge on any atom is 0.229 e. The molecule has 0 saturated carbocycles. The quantitative estimate of drug-likeness (QED) is 0.294. The number of aryl methyl sites for hydroxylation is 2. The molecule has 10 heteroatoms. The molecule has 1 saturated heterocycles. The lowest BCUT2D eigenvalue weighted by Crippen LogP contribution is -2.29. The number of benzene rings is 2. The van der Waals surface area contributed by atoms with Crippen LogP contribution in [0, 0.1) is 20.8 Å². The number of anilines is 2. The minimum atomic E-state index is -3.54. The topological polar surface area (TPSA) is 88.5 Å². The van der Waals surface area contributed by atoms with Crippen LogP contribution in [0.4, 0.5) is 11.4 Å². The van der Waals surface area contributed by atoms with Crippen molar-refractivity contribution in [3.8, 4) is 11.4 Å². The van der Waals surface area contributed by atoms with Crippen LogP contribution in [-0.4, -0.2) is 36.4 Å². The molecule has 1 fully saturated rings. The summed E-state index contributed by atoms with van der Waals surface area (Å²) in [5, 5.41) is 4.00. The first-order valence-corrected chi connectivity index (χ1v) is 14.8. The number of thiocarbonyl (C=S) groups is 1. The molecule has 1 aliphatic rings. The molecule has 4 aromatic rings. The van der Waals surface area contributed by atoms with Crippen LogP contribution in [0.15, 0.2) is 72.9 Å². The molecule has 2 aromatic carbocycles. The zero-order chi connectivity index (χ0) is 27.9. The Morgan fingerprint density at radius 1 is 1.00 bits per heavy atom. The number of nitrogens with one attached hydrogen (secondary N) is 2. The average Bonchev–Trinajstić information content (AvgIpc) is 3.38. The second kappa shape index (κ2) is 10.3. The van der Waals surface area contributed by atoms with Crippen molar-refractivity contribution in [3.63, 3.8) is 0 Å². The maximum atomic E-state index is 12.1. The molecular formula is C29H31N5O3S2. The van der Waals surface area contributed by atoms with Gasteiger partial charge in [0, 0.05) is 29.0 Å². The van der Waals surface area contributed by atoms with E-state index in [2.05, 4.69) is 70.7 Å². The van der Waals surface area contributed by atoms with E-state index in [9.17, 15) is 8.42 Å². The highest BCUT2D eigenvalue weighted by molar-refractivity contribution is 7.92. The largest absolute Gasteiger partial charge is 0.495 e. The van der Waals surface area contributed by atoms with Crippen molar-refractivity contribution < 1.29 is 13.2 Å². The molecule has 0 unspecified atom stereocenters. The Bertz CT molecular complexity index is 1650. The normalized spacial score (nSPS) is 17.3. The van der Waals surface area contributed by atoms with Crippen molar-refractivity contribution in [1.82, 2.24) is 14.9 Å². The molecule has 0 radical (unpaired) electrons. The monoisotopic (exact) mass is 561 g/mol. The van der Waals surface area contributed by atoms with E-state index in [0.717, 1.165) is 40.3 Å². The van der Waals surface area contributed by atoms with Crippen molar-refractivity contribution in [2.45, 2.75) is 32.9 Å². The summed E-state index contributed by atoms with van der Waals surface area (Å²) in [4.78, 5) is 6.69. The Morgan fingerprint density at radius 3 is 2.46 bits per heavy atom. The third kappa shape index (κ3) is 5.22. The zero-order valence-electron chi connectivity index (χ0n) is 22.5. The molecule has 0 spiro atoms. The fraction of sp³-hybridized carbons (Fsp3) is 0.241. The minimum Gasteiger partial charge on any atom is -0.495 e. The molecule has 2 N–H and O–H groups in total. The Kier molecular flexibility index (Phi) is 7.09. The molecule has 0 amide bonds. The van der Waals surface area contributed by atoms with Crippen molar-refractivity contribution >= 4 is 38.7 Å². The fourth-order valence-electron chi connectivity index (χ4n) is 5.33. The van der Waals surface area contributed by atoms with Gasteiger partial charge in [-0.05, 0) is 92.6 Å². The number of methoxy groups -OCH3 is 1. The fourth-order valence-corrected chi connectivity index (χ4v) is 6.23. The Labute approximate surface area is 234 Å². The van der Waals surface area contributed by atoms with Gasteiger partial charge in [0.05, 0.1) is 36.8 Å². The highest BCUT2D eigenvalue weighted by Crippen LogP contribution is 2.45. The Balaban J connectivity index is 1.69. The van der Waals surface area contributed by atoms with E-state index >= 15 is 0 Å². The lowest BCUT2D eigenvalue weighted by molar-refractivity contribution is 0.417. The van der Waals surface area contributed by atoms with Gasteiger partial charge >= 0.3 is 0 Å². The second-order valence-electron chi connectivity index (χ2n) is 9.76. The van der Waals surface area contributed by atoms with Gasteiger partial charge in [0.1, 0.15) is 5.75 Å². The number of nitrogens with zero attached hydrogens (tertiary/aromatic N) is 3. The summed E-state index contributed by atoms with van der Waals surface area (Å²) >= 11 is 5.89. The standard InChI is InChI=1S/C29H31N5O3S2/c1-18-9-8-10-21(15-18)33-19(2)16-23(20(33)3)28-27(24-11-6-7-14-30-24)31-29(38)34(28)22-12-13-26(37-4)25(17-22)32-39(5,35)36/h6-17,27-28,32H,1-5H3,(H,31,38)/t27-,28+/m0/s1. The average molecular weight is 562 g/mol. The van der Waals surface area contributed by atoms with Crippen molar-refractivity contribution in [2.24, 2.45) is 0 Å². The minimum absolute atomic E-state index is 0.237. The third-order valence-electron chi connectivity index (χ3n) is 6.90. The van der Waals surface area contributed by atoms with E-state index in [1.165, 1.54) is 12.7 Å². The molecule has 8 nitrogen and oxygen atoms in total. The molecular weight excluding hydrogens is 530 g/mol. The summed E-state index contributed by atoms with van der Waals surface area (Å²) in [5.74, 6) is 0.415. The highest BCUT2D eigenvalue weighted by Gasteiger charge is 2.42. The highest BCUT2D eigenvalue weighted by atomic mass is 32.2. The van der Waals surface area contributed by atoms with Crippen LogP contribution in [-0.2, 0) is 10.0 Å². The first-order valence-electron chi connectivity index (χ1n) is 12.5. The van der Waals surface area contributed by atoms with Gasteiger partial charge in [-0.3, -0.25) is 9.71 Å². The summed E-state index contributed by atoms with van der Waals surface area (Å²) < 4.78 is 34.5. The van der Waals surface area contributed by atoms with Gasteiger partial charge in [0.15, 0.2) is 5.11 Å². The Hall–Kier alpha value is -3.89. The first kappa shape index (κ1) is 26.7. The molecule has 5 rings (SSSR count). The Morgan fingerprint density at radius 2 is 1.79 bits per heavy atom. The zero-order valence-corrected chi connectivity index (χ0v) is 24.1. The lowest BCUT2D eigenvalue weighted by Gasteiger charge is -2.29. The molecule has 2 atom stereocenters. The van der Waals surface area contributed by atoms with Crippen LogP contribution < -0.4 is 19.7 Å². The van der Waals surface area contributed by atoms with Gasteiger partial charge < -0.3 is 19.5 Å². The van der Waals surface area contributed by atoms with E-state index in [0.29, 0.717) is 16.5 Å². The van der Waals surface area contributed by atoms with Gasteiger partial charge in [0.25, 0.3) is 0 Å². The number of hydrogen-bond donors (Lipinski definition) is 2. The van der Waals surface area contributed by atoms with Crippen molar-refractivity contribution in [1.29, 1.82) is 0 Å². The SMILES string of the molecule is COc1ccc(N2C(=S)N[C@@H](c3ccccn3)[C@H]2c2cc(C)n(-c3cccc(C)c3)c2C)cc1NS(C)(=O)=O. The van der Waals surface area contributed by atoms with Crippen LogP contribution >= 0.6 is 12.2 Å². The maximum absolute atomic E-state index is 12.1. The second-order valence-corrected chi connectivity index (χ2v) is 11.9. The van der Waals surface area contributed by atoms with E-state index in [4.69, 9.17) is 17.0 Å². The van der Waals surface area contributed by atoms with Gasteiger partial charge in [-0.2, -0.15) is 0 Å².